The van der Waals surface area contributed by atoms with E-state index >= 15 is 0 Å². The molecule has 120 valence electrons. The van der Waals surface area contributed by atoms with Crippen LogP contribution in [0.4, 0.5) is 5.69 Å². The van der Waals surface area contributed by atoms with Crippen molar-refractivity contribution in [3.05, 3.63) is 23.8 Å². The van der Waals surface area contributed by atoms with E-state index in [0.717, 1.165) is 43.1 Å². The first kappa shape index (κ1) is 15.3. The van der Waals surface area contributed by atoms with E-state index in [4.69, 9.17) is 4.74 Å². The smallest absolute Gasteiger partial charge is 0.180 e. The van der Waals surface area contributed by atoms with Gasteiger partial charge in [-0.05, 0) is 49.9 Å². The number of hydrogen-bond acceptors (Lipinski definition) is 4. The van der Waals surface area contributed by atoms with Crippen LogP contribution < -0.4 is 10.1 Å². The molecule has 1 fully saturated rings. The second-order valence-corrected chi connectivity index (χ2v) is 6.52. The number of piperidine rings is 1. The van der Waals surface area contributed by atoms with Crippen molar-refractivity contribution < 1.29 is 9.53 Å². The third kappa shape index (κ3) is 3.12. The summed E-state index contributed by atoms with van der Waals surface area (Å²) < 4.78 is 5.59. The monoisotopic (exact) mass is 302 g/mol. The van der Waals surface area contributed by atoms with Gasteiger partial charge in [0, 0.05) is 18.7 Å². The summed E-state index contributed by atoms with van der Waals surface area (Å²) in [7, 11) is 0. The Morgan fingerprint density at radius 3 is 3.14 bits per heavy atom. The minimum Gasteiger partial charge on any atom is -0.490 e. The number of nitrogens with one attached hydrogen (secondary N) is 1. The maximum absolute atomic E-state index is 13.0. The van der Waals surface area contributed by atoms with Crippen molar-refractivity contribution in [2.24, 2.45) is 5.92 Å². The van der Waals surface area contributed by atoms with Gasteiger partial charge in [-0.25, -0.2) is 0 Å². The molecular weight excluding hydrogens is 276 g/mol. The van der Waals surface area contributed by atoms with Crippen LogP contribution in [0.5, 0.6) is 5.75 Å². The number of likely N-dealkylation sites (tertiary alicyclic amines) is 1. The van der Waals surface area contributed by atoms with Crippen LogP contribution in [-0.4, -0.2) is 43.0 Å². The van der Waals surface area contributed by atoms with Gasteiger partial charge in [-0.15, -0.1) is 0 Å². The highest BCUT2D eigenvalue weighted by Gasteiger charge is 2.29. The van der Waals surface area contributed by atoms with Gasteiger partial charge in [-0.1, -0.05) is 13.8 Å². The van der Waals surface area contributed by atoms with E-state index in [1.54, 1.807) is 0 Å². The Balaban J connectivity index is 1.78. The number of benzene rings is 1. The summed E-state index contributed by atoms with van der Waals surface area (Å²) in [5, 5.41) is 3.31. The summed E-state index contributed by atoms with van der Waals surface area (Å²) in [5.41, 5.74) is 1.74. The molecule has 0 spiro atoms. The molecule has 0 saturated carbocycles. The molecule has 1 saturated heterocycles. The molecule has 1 aromatic carbocycles. The Hall–Kier alpha value is -1.55. The lowest BCUT2D eigenvalue weighted by Gasteiger charge is -2.36. The average Bonchev–Trinajstić information content (AvgIpc) is 2.55. The minimum atomic E-state index is 0.00492. The molecule has 2 aliphatic heterocycles. The van der Waals surface area contributed by atoms with Gasteiger partial charge in [0.1, 0.15) is 12.4 Å². The Bertz CT molecular complexity index is 544. The molecule has 0 aromatic heterocycles. The standard InChI is InChI=1S/C18H26N2O2/c1-3-16(20-9-4-5-13(2)12-20)18(21)14-6-7-17-15(11-14)19-8-10-22-17/h6-7,11,13,16,19H,3-5,8-10,12H2,1-2H3. The number of carbonyl (C=O) groups is 1. The lowest BCUT2D eigenvalue weighted by molar-refractivity contribution is 0.0727. The predicted molar refractivity (Wildman–Crippen MR) is 88.8 cm³/mol. The van der Waals surface area contributed by atoms with Gasteiger partial charge in [0.05, 0.1) is 11.7 Å². The van der Waals surface area contributed by atoms with Crippen LogP contribution in [0.1, 0.15) is 43.5 Å². The highest BCUT2D eigenvalue weighted by Crippen LogP contribution is 2.29. The molecule has 1 aromatic rings. The Morgan fingerprint density at radius 1 is 1.50 bits per heavy atom. The molecule has 4 nitrogen and oxygen atoms in total. The number of Topliss-reactive ketones (excluding diaryl/α,β-unsaturated/α-hetero) is 1. The fraction of sp³-hybridized carbons (Fsp3) is 0.611. The fourth-order valence-corrected chi connectivity index (χ4v) is 3.60. The van der Waals surface area contributed by atoms with Crippen LogP contribution in [-0.2, 0) is 0 Å². The van der Waals surface area contributed by atoms with E-state index in [9.17, 15) is 4.79 Å². The third-order valence-corrected chi connectivity index (χ3v) is 4.76. The quantitative estimate of drug-likeness (QED) is 0.867. The van der Waals surface area contributed by atoms with Gasteiger partial charge < -0.3 is 10.1 Å². The molecule has 2 unspecified atom stereocenters. The highest BCUT2D eigenvalue weighted by molar-refractivity contribution is 6.01. The molecule has 3 rings (SSSR count). The summed E-state index contributed by atoms with van der Waals surface area (Å²) in [5.74, 6) is 1.78. The number of nitrogens with zero attached hydrogens (tertiary/aromatic N) is 1. The molecule has 0 amide bonds. The topological polar surface area (TPSA) is 41.6 Å². The molecule has 0 aliphatic carbocycles. The molecular formula is C18H26N2O2. The number of carbonyl (C=O) groups excluding carboxylic acids is 1. The SMILES string of the molecule is CCC(C(=O)c1ccc2c(c1)NCCO2)N1CCCC(C)C1. The third-order valence-electron chi connectivity index (χ3n) is 4.76. The molecule has 22 heavy (non-hydrogen) atoms. The van der Waals surface area contributed by atoms with Crippen molar-refractivity contribution in [3.63, 3.8) is 0 Å². The number of ether oxygens (including phenoxy) is 1. The Morgan fingerprint density at radius 2 is 2.36 bits per heavy atom. The zero-order valence-electron chi connectivity index (χ0n) is 13.6. The van der Waals surface area contributed by atoms with Gasteiger partial charge in [0.25, 0.3) is 0 Å². The van der Waals surface area contributed by atoms with Gasteiger partial charge in [-0.2, -0.15) is 0 Å². The van der Waals surface area contributed by atoms with Crippen molar-refractivity contribution in [1.82, 2.24) is 4.90 Å². The largest absolute Gasteiger partial charge is 0.490 e. The highest BCUT2D eigenvalue weighted by atomic mass is 16.5. The van der Waals surface area contributed by atoms with Crippen molar-refractivity contribution >= 4 is 11.5 Å². The summed E-state index contributed by atoms with van der Waals surface area (Å²) in [4.78, 5) is 15.3. The van der Waals surface area contributed by atoms with E-state index in [0.29, 0.717) is 12.5 Å². The number of ketones is 1. The maximum Gasteiger partial charge on any atom is 0.180 e. The molecule has 4 heteroatoms. The number of anilines is 1. The molecule has 2 aliphatic rings. The zero-order chi connectivity index (χ0) is 15.5. The predicted octanol–water partition coefficient (Wildman–Crippen LogP) is 3.18. The first-order valence-electron chi connectivity index (χ1n) is 8.48. The van der Waals surface area contributed by atoms with Crippen LogP contribution >= 0.6 is 0 Å². The number of rotatable bonds is 4. The number of fused-ring (bicyclic) bond motifs is 1. The number of hydrogen-bond donors (Lipinski definition) is 1. The lowest BCUT2D eigenvalue weighted by Crippen LogP contribution is -2.46. The Kier molecular flexibility index (Phi) is 4.67. The van der Waals surface area contributed by atoms with Crippen LogP contribution in [0.2, 0.25) is 0 Å². The first-order valence-corrected chi connectivity index (χ1v) is 8.48. The summed E-state index contributed by atoms with van der Waals surface area (Å²) in [6.07, 6.45) is 3.35. The van der Waals surface area contributed by atoms with Gasteiger partial charge in [-0.3, -0.25) is 9.69 Å². The summed E-state index contributed by atoms with van der Waals surface area (Å²) in [6.45, 7) is 7.96. The molecule has 0 bridgehead atoms. The van der Waals surface area contributed by atoms with Gasteiger partial charge >= 0.3 is 0 Å². The van der Waals surface area contributed by atoms with Crippen molar-refractivity contribution in [3.8, 4) is 5.75 Å². The molecule has 0 radical (unpaired) electrons. The van der Waals surface area contributed by atoms with Gasteiger partial charge in [0.2, 0.25) is 0 Å². The van der Waals surface area contributed by atoms with Crippen molar-refractivity contribution in [1.29, 1.82) is 0 Å². The van der Waals surface area contributed by atoms with Crippen LogP contribution in [0.25, 0.3) is 0 Å². The van der Waals surface area contributed by atoms with Crippen LogP contribution in [0.15, 0.2) is 18.2 Å². The molecule has 1 N–H and O–H groups in total. The zero-order valence-corrected chi connectivity index (χ0v) is 13.6. The van der Waals surface area contributed by atoms with E-state index in [1.165, 1.54) is 12.8 Å². The lowest BCUT2D eigenvalue weighted by atomic mass is 9.94. The maximum atomic E-state index is 13.0. The van der Waals surface area contributed by atoms with E-state index < -0.39 is 0 Å². The average molecular weight is 302 g/mol. The van der Waals surface area contributed by atoms with E-state index in [-0.39, 0.29) is 11.8 Å². The Labute approximate surface area is 132 Å². The van der Waals surface area contributed by atoms with E-state index in [2.05, 4.69) is 24.1 Å². The van der Waals surface area contributed by atoms with Gasteiger partial charge in [0.15, 0.2) is 5.78 Å². The summed E-state index contributed by atoms with van der Waals surface area (Å²) in [6, 6.07) is 5.78. The first-order chi connectivity index (χ1) is 10.7. The minimum absolute atomic E-state index is 0.00492. The van der Waals surface area contributed by atoms with Crippen molar-refractivity contribution in [2.45, 2.75) is 39.2 Å². The normalized spacial score (nSPS) is 23.1. The second-order valence-electron chi connectivity index (χ2n) is 6.52. The molecule has 2 heterocycles. The second kappa shape index (κ2) is 6.69. The fourth-order valence-electron chi connectivity index (χ4n) is 3.60. The summed E-state index contributed by atoms with van der Waals surface area (Å²) >= 11 is 0. The molecule has 2 atom stereocenters. The van der Waals surface area contributed by atoms with E-state index in [1.807, 2.05) is 18.2 Å². The van der Waals surface area contributed by atoms with Crippen molar-refractivity contribution in [2.75, 3.05) is 31.6 Å². The van der Waals surface area contributed by atoms with Crippen LogP contribution in [0, 0.1) is 5.92 Å². The van der Waals surface area contributed by atoms with Crippen LogP contribution in [0.3, 0.4) is 0 Å².